The Morgan fingerprint density at radius 3 is 3.00 bits per heavy atom. The number of para-hydroxylation sites is 2. The van der Waals surface area contributed by atoms with Crippen molar-refractivity contribution in [2.45, 2.75) is 0 Å². The third kappa shape index (κ3) is 0.551. The second kappa shape index (κ2) is 1.69. The fourth-order valence-corrected chi connectivity index (χ4v) is 0.884. The zero-order valence-corrected chi connectivity index (χ0v) is 5.11. The molecule has 0 saturated carbocycles. The standard InChI is InChI=1S/C7H4N2O/c10-9-5-8-6-3-1-2-4-7(6)9/h1-4H. The van der Waals surface area contributed by atoms with Crippen LogP contribution in [0.4, 0.5) is 11.4 Å². The smallest absolute Gasteiger partial charge is 0.322 e. The van der Waals surface area contributed by atoms with E-state index in [-0.39, 0.29) is 0 Å². The summed E-state index contributed by atoms with van der Waals surface area (Å²) in [5.74, 6) is 0. The monoisotopic (exact) mass is 132 g/mol. The van der Waals surface area contributed by atoms with Crippen molar-refractivity contribution in [1.82, 2.24) is 0 Å². The van der Waals surface area contributed by atoms with E-state index in [0.717, 1.165) is 0 Å². The van der Waals surface area contributed by atoms with Gasteiger partial charge in [-0.2, -0.15) is 4.74 Å². The van der Waals surface area contributed by atoms with Crippen LogP contribution in [0.25, 0.3) is 0 Å². The van der Waals surface area contributed by atoms with E-state index in [0.29, 0.717) is 16.1 Å². The molecule has 0 saturated heterocycles. The molecular formula is C7H4N2O. The lowest BCUT2D eigenvalue weighted by atomic mass is 10.3. The molecule has 0 atom stereocenters. The number of nitrogens with zero attached hydrogens (tertiary/aromatic N) is 2. The Balaban J connectivity index is 2.70. The maximum absolute atomic E-state index is 10.8. The van der Waals surface area contributed by atoms with Crippen molar-refractivity contribution in [3.8, 4) is 0 Å². The van der Waals surface area contributed by atoms with Crippen LogP contribution in [-0.2, 0) is 0 Å². The van der Waals surface area contributed by atoms with Crippen molar-refractivity contribution in [2.75, 3.05) is 0 Å². The van der Waals surface area contributed by atoms with Gasteiger partial charge in [0.1, 0.15) is 0 Å². The highest BCUT2D eigenvalue weighted by Gasteiger charge is 2.12. The first-order valence-corrected chi connectivity index (χ1v) is 2.90. The van der Waals surface area contributed by atoms with Crippen LogP contribution in [0.2, 0.25) is 0 Å². The van der Waals surface area contributed by atoms with E-state index in [1.165, 1.54) is 0 Å². The SMILES string of the molecule is [O-][N+]1=C=Nc2ccccc21. The van der Waals surface area contributed by atoms with Gasteiger partial charge < -0.3 is 5.21 Å². The Kier molecular flexibility index (Phi) is 0.879. The lowest BCUT2D eigenvalue weighted by molar-refractivity contribution is -0.348. The van der Waals surface area contributed by atoms with Gasteiger partial charge in [-0.25, -0.2) is 0 Å². The van der Waals surface area contributed by atoms with E-state index in [1.54, 1.807) is 18.2 Å². The molecule has 0 spiro atoms. The number of rotatable bonds is 0. The number of hydrogen-bond acceptors (Lipinski definition) is 2. The molecule has 3 nitrogen and oxygen atoms in total. The van der Waals surface area contributed by atoms with Gasteiger partial charge >= 0.3 is 6.01 Å². The summed E-state index contributed by atoms with van der Waals surface area (Å²) in [7, 11) is 0. The second-order valence-electron chi connectivity index (χ2n) is 1.99. The molecule has 2 rings (SSSR count). The van der Waals surface area contributed by atoms with E-state index < -0.39 is 0 Å². The van der Waals surface area contributed by atoms with Gasteiger partial charge in [0, 0.05) is 4.99 Å². The van der Waals surface area contributed by atoms with Crippen molar-refractivity contribution >= 4 is 17.4 Å². The summed E-state index contributed by atoms with van der Waals surface area (Å²) < 4.78 is 0.634. The lowest BCUT2D eigenvalue weighted by Gasteiger charge is -1.98. The summed E-state index contributed by atoms with van der Waals surface area (Å²) in [4.78, 5) is 3.74. The molecule has 0 amide bonds. The van der Waals surface area contributed by atoms with Crippen LogP contribution in [0.5, 0.6) is 0 Å². The molecule has 0 radical (unpaired) electrons. The topological polar surface area (TPSA) is 38.4 Å². The molecular weight excluding hydrogens is 128 g/mol. The van der Waals surface area contributed by atoms with Crippen molar-refractivity contribution in [2.24, 2.45) is 4.99 Å². The van der Waals surface area contributed by atoms with Gasteiger partial charge in [0.15, 0.2) is 5.69 Å². The summed E-state index contributed by atoms with van der Waals surface area (Å²) >= 11 is 0. The van der Waals surface area contributed by atoms with Crippen molar-refractivity contribution in [3.05, 3.63) is 29.5 Å². The average molecular weight is 132 g/mol. The zero-order valence-electron chi connectivity index (χ0n) is 5.11. The van der Waals surface area contributed by atoms with Crippen LogP contribution in [0.1, 0.15) is 0 Å². The number of hydrogen-bond donors (Lipinski definition) is 0. The minimum atomic E-state index is 0.572. The second-order valence-corrected chi connectivity index (χ2v) is 1.99. The molecule has 0 aromatic heterocycles. The Morgan fingerprint density at radius 1 is 1.40 bits per heavy atom. The van der Waals surface area contributed by atoms with Gasteiger partial charge in [0.05, 0.1) is 0 Å². The average Bonchev–Trinajstić information content (AvgIpc) is 2.34. The first kappa shape index (κ1) is 5.21. The molecule has 1 aromatic carbocycles. The Morgan fingerprint density at radius 2 is 2.20 bits per heavy atom. The fraction of sp³-hybridized carbons (Fsp3) is 0. The summed E-state index contributed by atoms with van der Waals surface area (Å²) in [5.41, 5.74) is 1.26. The van der Waals surface area contributed by atoms with Crippen molar-refractivity contribution in [1.29, 1.82) is 0 Å². The molecule has 0 aliphatic carbocycles. The molecule has 10 heavy (non-hydrogen) atoms. The number of fused-ring (bicyclic) bond motifs is 1. The summed E-state index contributed by atoms with van der Waals surface area (Å²) in [6.07, 6.45) is 0. The summed E-state index contributed by atoms with van der Waals surface area (Å²) in [5, 5.41) is 10.8. The molecule has 3 heteroatoms. The molecule has 0 fully saturated rings. The minimum absolute atomic E-state index is 0.572. The van der Waals surface area contributed by atoms with E-state index in [9.17, 15) is 5.21 Å². The minimum Gasteiger partial charge on any atom is -0.703 e. The van der Waals surface area contributed by atoms with Crippen LogP contribution in [-0.4, -0.2) is 10.7 Å². The van der Waals surface area contributed by atoms with E-state index in [4.69, 9.17) is 0 Å². The van der Waals surface area contributed by atoms with Gasteiger partial charge in [-0.3, -0.25) is 0 Å². The molecule has 1 heterocycles. The van der Waals surface area contributed by atoms with E-state index in [2.05, 4.69) is 11.0 Å². The third-order valence-electron chi connectivity index (χ3n) is 1.36. The Hall–Kier alpha value is -1.60. The predicted molar refractivity (Wildman–Crippen MR) is 36.8 cm³/mol. The zero-order chi connectivity index (χ0) is 6.97. The Labute approximate surface area is 57.5 Å². The largest absolute Gasteiger partial charge is 0.703 e. The van der Waals surface area contributed by atoms with Gasteiger partial charge in [-0.15, -0.1) is 0 Å². The molecule has 1 aliphatic rings. The van der Waals surface area contributed by atoms with Crippen molar-refractivity contribution in [3.63, 3.8) is 0 Å². The van der Waals surface area contributed by atoms with Crippen molar-refractivity contribution < 1.29 is 4.74 Å². The molecule has 1 aromatic rings. The lowest BCUT2D eigenvalue weighted by Crippen LogP contribution is -1.85. The van der Waals surface area contributed by atoms with Crippen LogP contribution in [0.3, 0.4) is 0 Å². The van der Waals surface area contributed by atoms with Crippen LogP contribution >= 0.6 is 0 Å². The summed E-state index contributed by atoms with van der Waals surface area (Å²) in [6.45, 7) is 0. The molecule has 0 unspecified atom stereocenters. The Bertz CT molecular complexity index is 337. The molecule has 0 N–H and O–H groups in total. The molecule has 1 aliphatic heterocycles. The van der Waals surface area contributed by atoms with Gasteiger partial charge in [-0.1, -0.05) is 12.1 Å². The van der Waals surface area contributed by atoms with Gasteiger partial charge in [-0.05, 0) is 12.1 Å². The predicted octanol–water partition coefficient (Wildman–Crippen LogP) is 1.65. The van der Waals surface area contributed by atoms with Crippen LogP contribution < -0.4 is 0 Å². The summed E-state index contributed by atoms with van der Waals surface area (Å²) in [6, 6.07) is 9.41. The number of aliphatic imine (C=N–C) groups is 1. The van der Waals surface area contributed by atoms with E-state index in [1.807, 2.05) is 6.07 Å². The highest BCUT2D eigenvalue weighted by Crippen LogP contribution is 2.28. The fourth-order valence-electron chi connectivity index (χ4n) is 0.884. The highest BCUT2D eigenvalue weighted by atomic mass is 16.5. The first-order chi connectivity index (χ1) is 4.88. The molecule has 0 bridgehead atoms. The number of benzene rings is 1. The van der Waals surface area contributed by atoms with E-state index >= 15 is 0 Å². The van der Waals surface area contributed by atoms with Crippen LogP contribution in [0, 0.1) is 5.21 Å². The van der Waals surface area contributed by atoms with Crippen LogP contribution in [0.15, 0.2) is 29.3 Å². The third-order valence-corrected chi connectivity index (χ3v) is 1.36. The molecule has 48 valence electrons. The highest BCUT2D eigenvalue weighted by molar-refractivity contribution is 5.67. The maximum Gasteiger partial charge on any atom is 0.322 e. The quantitative estimate of drug-likeness (QED) is 0.390. The first-order valence-electron chi connectivity index (χ1n) is 2.90. The van der Waals surface area contributed by atoms with Gasteiger partial charge in [0.2, 0.25) is 5.69 Å². The van der Waals surface area contributed by atoms with Gasteiger partial charge in [0.25, 0.3) is 0 Å². The maximum atomic E-state index is 10.8. The normalized spacial score (nSPS) is 13.0.